The quantitative estimate of drug-likeness (QED) is 0.744. The summed E-state index contributed by atoms with van der Waals surface area (Å²) in [5.41, 5.74) is -0.899. The number of rotatable bonds is 5. The van der Waals surface area contributed by atoms with Crippen molar-refractivity contribution in [3.63, 3.8) is 0 Å². The van der Waals surface area contributed by atoms with E-state index >= 15 is 0 Å². The van der Waals surface area contributed by atoms with Gasteiger partial charge in [-0.1, -0.05) is 0 Å². The summed E-state index contributed by atoms with van der Waals surface area (Å²) in [4.78, 5) is 7.71. The van der Waals surface area contributed by atoms with E-state index < -0.39 is 27.9 Å². The van der Waals surface area contributed by atoms with Crippen molar-refractivity contribution in [1.82, 2.24) is 14.3 Å². The van der Waals surface area contributed by atoms with E-state index in [1.165, 1.54) is 23.7 Å². The summed E-state index contributed by atoms with van der Waals surface area (Å²) in [5, 5.41) is 0. The van der Waals surface area contributed by atoms with E-state index in [9.17, 15) is 21.6 Å². The molecule has 11 heteroatoms. The SMILES string of the molecule is COc1nccc(OC2CCCN(S(=O)(=O)c3ccc(C(F)(F)F)cc3)C2)n1. The zero-order valence-corrected chi connectivity index (χ0v) is 15.7. The summed E-state index contributed by atoms with van der Waals surface area (Å²) in [5.74, 6) is 0.255. The maximum Gasteiger partial charge on any atom is 0.416 e. The zero-order chi connectivity index (χ0) is 20.4. The molecule has 2 heterocycles. The van der Waals surface area contributed by atoms with E-state index in [0.717, 1.165) is 24.3 Å². The third kappa shape index (κ3) is 4.53. The van der Waals surface area contributed by atoms with Gasteiger partial charge in [-0.05, 0) is 37.1 Å². The minimum atomic E-state index is -4.52. The lowest BCUT2D eigenvalue weighted by Gasteiger charge is -2.31. The van der Waals surface area contributed by atoms with Crippen LogP contribution in [0.4, 0.5) is 13.2 Å². The number of halogens is 3. The van der Waals surface area contributed by atoms with Crippen LogP contribution in [0.3, 0.4) is 0 Å². The fourth-order valence-corrected chi connectivity index (χ4v) is 4.35. The smallest absolute Gasteiger partial charge is 0.416 e. The molecule has 1 fully saturated rings. The summed E-state index contributed by atoms with van der Waals surface area (Å²) in [6.45, 7) is 0.325. The molecule has 2 aromatic rings. The Bertz CT molecular complexity index is 920. The Morgan fingerprint density at radius 1 is 1.18 bits per heavy atom. The second-order valence-electron chi connectivity index (χ2n) is 6.15. The molecular formula is C17H18F3N3O4S. The molecule has 1 saturated heterocycles. The second-order valence-corrected chi connectivity index (χ2v) is 8.09. The molecule has 152 valence electrons. The Balaban J connectivity index is 1.73. The van der Waals surface area contributed by atoms with Crippen molar-refractivity contribution >= 4 is 10.0 Å². The molecule has 1 aliphatic rings. The molecule has 0 amide bonds. The van der Waals surface area contributed by atoms with E-state index in [0.29, 0.717) is 12.8 Å². The van der Waals surface area contributed by atoms with E-state index in [2.05, 4.69) is 9.97 Å². The van der Waals surface area contributed by atoms with Gasteiger partial charge in [0, 0.05) is 18.8 Å². The Morgan fingerprint density at radius 3 is 2.54 bits per heavy atom. The van der Waals surface area contributed by atoms with Crippen LogP contribution in [0.5, 0.6) is 11.9 Å². The third-order valence-corrected chi connectivity index (χ3v) is 6.12. The first-order chi connectivity index (χ1) is 13.2. The maximum atomic E-state index is 12.8. The molecule has 1 aliphatic heterocycles. The number of piperidine rings is 1. The molecule has 1 unspecified atom stereocenters. The Labute approximate surface area is 160 Å². The largest absolute Gasteiger partial charge is 0.473 e. The number of nitrogens with zero attached hydrogens (tertiary/aromatic N) is 3. The Kier molecular flexibility index (Phi) is 5.75. The molecule has 0 bridgehead atoms. The summed E-state index contributed by atoms with van der Waals surface area (Å²) in [6.07, 6.45) is -2.35. The molecule has 1 aromatic carbocycles. The molecule has 1 atom stereocenters. The number of sulfonamides is 1. The second kappa shape index (κ2) is 7.92. The number of benzene rings is 1. The van der Waals surface area contributed by atoms with E-state index in [1.807, 2.05) is 0 Å². The van der Waals surface area contributed by atoms with E-state index in [-0.39, 0.29) is 29.9 Å². The van der Waals surface area contributed by atoms with E-state index in [4.69, 9.17) is 9.47 Å². The van der Waals surface area contributed by atoms with Crippen molar-refractivity contribution in [2.45, 2.75) is 30.0 Å². The predicted molar refractivity (Wildman–Crippen MR) is 92.4 cm³/mol. The number of aromatic nitrogens is 2. The predicted octanol–water partition coefficient (Wildman–Crippen LogP) is 2.74. The highest BCUT2D eigenvalue weighted by Crippen LogP contribution is 2.31. The third-order valence-electron chi connectivity index (χ3n) is 4.24. The highest BCUT2D eigenvalue weighted by molar-refractivity contribution is 7.89. The van der Waals surface area contributed by atoms with Gasteiger partial charge in [-0.3, -0.25) is 0 Å². The first-order valence-electron chi connectivity index (χ1n) is 8.41. The monoisotopic (exact) mass is 417 g/mol. The van der Waals surface area contributed by atoms with Crippen molar-refractivity contribution in [1.29, 1.82) is 0 Å². The number of methoxy groups -OCH3 is 1. The Morgan fingerprint density at radius 2 is 1.89 bits per heavy atom. The van der Waals surface area contributed by atoms with Crippen molar-refractivity contribution in [2.75, 3.05) is 20.2 Å². The first-order valence-corrected chi connectivity index (χ1v) is 9.85. The molecule has 0 N–H and O–H groups in total. The van der Waals surface area contributed by atoms with Crippen molar-refractivity contribution in [2.24, 2.45) is 0 Å². The van der Waals surface area contributed by atoms with Crippen molar-refractivity contribution in [3.05, 3.63) is 42.1 Å². The van der Waals surface area contributed by atoms with Gasteiger partial charge >= 0.3 is 12.2 Å². The van der Waals surface area contributed by atoms with Crippen LogP contribution in [0.15, 0.2) is 41.4 Å². The number of ether oxygens (including phenoxy) is 2. The fraction of sp³-hybridized carbons (Fsp3) is 0.412. The number of alkyl halides is 3. The lowest BCUT2D eigenvalue weighted by Crippen LogP contribution is -2.44. The maximum absolute atomic E-state index is 12.8. The van der Waals surface area contributed by atoms with Gasteiger partial charge < -0.3 is 9.47 Å². The van der Waals surface area contributed by atoms with Crippen LogP contribution in [0.1, 0.15) is 18.4 Å². The lowest BCUT2D eigenvalue weighted by atomic mass is 10.1. The molecule has 0 radical (unpaired) electrons. The van der Waals surface area contributed by atoms with Crippen LogP contribution in [-0.2, 0) is 16.2 Å². The summed E-state index contributed by atoms with van der Waals surface area (Å²) >= 11 is 0. The van der Waals surface area contributed by atoms with Crippen LogP contribution in [0, 0.1) is 0 Å². The average Bonchev–Trinajstić information content (AvgIpc) is 2.68. The van der Waals surface area contributed by atoms with Crippen LogP contribution in [0.25, 0.3) is 0 Å². The minimum Gasteiger partial charge on any atom is -0.473 e. The molecular weight excluding hydrogens is 399 g/mol. The number of hydrogen-bond donors (Lipinski definition) is 0. The van der Waals surface area contributed by atoms with Crippen LogP contribution < -0.4 is 9.47 Å². The molecule has 0 spiro atoms. The molecule has 3 rings (SSSR count). The van der Waals surface area contributed by atoms with Gasteiger partial charge in [-0.15, -0.1) is 0 Å². The van der Waals surface area contributed by atoms with Crippen molar-refractivity contribution in [3.8, 4) is 11.9 Å². The highest BCUT2D eigenvalue weighted by Gasteiger charge is 2.33. The molecule has 28 heavy (non-hydrogen) atoms. The normalized spacial score (nSPS) is 18.6. The van der Waals surface area contributed by atoms with Gasteiger partial charge in [-0.25, -0.2) is 13.4 Å². The Hall–Kier alpha value is -2.40. The van der Waals surface area contributed by atoms with Crippen LogP contribution in [0.2, 0.25) is 0 Å². The molecule has 0 saturated carbocycles. The summed E-state index contributed by atoms with van der Waals surface area (Å²) in [7, 11) is -2.52. The van der Waals surface area contributed by atoms with Gasteiger partial charge in [0.2, 0.25) is 15.9 Å². The molecule has 1 aromatic heterocycles. The van der Waals surface area contributed by atoms with Gasteiger partial charge in [0.15, 0.2) is 0 Å². The van der Waals surface area contributed by atoms with Crippen LogP contribution in [-0.4, -0.2) is 49.0 Å². The fourth-order valence-electron chi connectivity index (χ4n) is 2.84. The zero-order valence-electron chi connectivity index (χ0n) is 14.9. The van der Waals surface area contributed by atoms with Gasteiger partial charge in [-0.2, -0.15) is 22.5 Å². The average molecular weight is 417 g/mol. The van der Waals surface area contributed by atoms with Crippen LogP contribution >= 0.6 is 0 Å². The van der Waals surface area contributed by atoms with Crippen molar-refractivity contribution < 1.29 is 31.1 Å². The summed E-state index contributed by atoms with van der Waals surface area (Å²) in [6, 6.07) is 5.12. The first kappa shape index (κ1) is 20.3. The molecule has 7 nitrogen and oxygen atoms in total. The minimum absolute atomic E-state index is 0.0652. The molecule has 0 aliphatic carbocycles. The van der Waals surface area contributed by atoms with Gasteiger partial charge in [0.25, 0.3) is 0 Å². The topological polar surface area (TPSA) is 81.6 Å². The lowest BCUT2D eigenvalue weighted by molar-refractivity contribution is -0.137. The number of hydrogen-bond acceptors (Lipinski definition) is 6. The van der Waals surface area contributed by atoms with E-state index in [1.54, 1.807) is 0 Å². The standard InChI is InChI=1S/C17H18F3N3O4S/c1-26-16-21-9-8-15(22-16)27-13-3-2-10-23(11-13)28(24,25)14-6-4-12(5-7-14)17(18,19)20/h4-9,13H,2-3,10-11H2,1H3. The highest BCUT2D eigenvalue weighted by atomic mass is 32.2. The van der Waals surface area contributed by atoms with Gasteiger partial charge in [0.05, 0.1) is 24.1 Å². The summed E-state index contributed by atoms with van der Waals surface area (Å²) < 4.78 is 75.5. The van der Waals surface area contributed by atoms with Gasteiger partial charge in [0.1, 0.15) is 6.10 Å².